The van der Waals surface area contributed by atoms with Gasteiger partial charge in [0.1, 0.15) is 5.52 Å². The van der Waals surface area contributed by atoms with Crippen LogP contribution in [0.25, 0.3) is 11.1 Å². The summed E-state index contributed by atoms with van der Waals surface area (Å²) in [5, 5.41) is 0.699. The van der Waals surface area contributed by atoms with Crippen LogP contribution in [0.4, 0.5) is 0 Å². The molecule has 0 radical (unpaired) electrons. The van der Waals surface area contributed by atoms with Gasteiger partial charge in [-0.2, -0.15) is 0 Å². The van der Waals surface area contributed by atoms with Gasteiger partial charge < -0.3 is 10.2 Å². The molecule has 3 rings (SSSR count). The van der Waals surface area contributed by atoms with Crippen LogP contribution in [-0.2, 0) is 6.42 Å². The normalized spacial score (nSPS) is 18.9. The average Bonchev–Trinajstić information content (AvgIpc) is 2.71. The van der Waals surface area contributed by atoms with E-state index in [4.69, 9.17) is 21.8 Å². The van der Waals surface area contributed by atoms with E-state index in [1.165, 1.54) is 19.3 Å². The van der Waals surface area contributed by atoms with E-state index in [-0.39, 0.29) is 5.54 Å². The van der Waals surface area contributed by atoms with Crippen molar-refractivity contribution in [3.63, 3.8) is 0 Å². The van der Waals surface area contributed by atoms with E-state index < -0.39 is 0 Å². The monoisotopic (exact) mass is 278 g/mol. The number of oxazole rings is 1. The topological polar surface area (TPSA) is 52.0 Å². The van der Waals surface area contributed by atoms with Crippen molar-refractivity contribution in [2.45, 2.75) is 51.0 Å². The predicted molar refractivity (Wildman–Crippen MR) is 77.5 cm³/mol. The first-order valence-corrected chi connectivity index (χ1v) is 7.28. The first kappa shape index (κ1) is 12.9. The zero-order valence-corrected chi connectivity index (χ0v) is 12.0. The van der Waals surface area contributed by atoms with Gasteiger partial charge >= 0.3 is 0 Å². The second kappa shape index (κ2) is 4.80. The van der Waals surface area contributed by atoms with Gasteiger partial charge in [-0.25, -0.2) is 4.98 Å². The fourth-order valence-electron chi connectivity index (χ4n) is 3.01. The average molecular weight is 279 g/mol. The summed E-state index contributed by atoms with van der Waals surface area (Å²) in [4.78, 5) is 4.54. The van der Waals surface area contributed by atoms with Crippen LogP contribution in [0.2, 0.25) is 5.02 Å². The van der Waals surface area contributed by atoms with Crippen LogP contribution in [0.3, 0.4) is 0 Å². The summed E-state index contributed by atoms with van der Waals surface area (Å²) < 4.78 is 5.87. The molecule has 0 saturated heterocycles. The minimum atomic E-state index is -0.142. The van der Waals surface area contributed by atoms with Crippen LogP contribution < -0.4 is 5.73 Å². The Labute approximate surface area is 118 Å². The van der Waals surface area contributed by atoms with Gasteiger partial charge in [0.05, 0.1) is 0 Å². The van der Waals surface area contributed by atoms with Gasteiger partial charge in [-0.05, 0) is 37.5 Å². The molecule has 4 heteroatoms. The molecule has 1 aromatic heterocycles. The first-order valence-electron chi connectivity index (χ1n) is 6.90. The summed E-state index contributed by atoms with van der Waals surface area (Å²) in [6.07, 6.45) is 6.56. The molecule has 1 saturated carbocycles. The second-order valence-electron chi connectivity index (χ2n) is 5.78. The quantitative estimate of drug-likeness (QED) is 0.903. The van der Waals surface area contributed by atoms with Gasteiger partial charge in [0.15, 0.2) is 11.5 Å². The molecule has 102 valence electrons. The lowest BCUT2D eigenvalue weighted by Crippen LogP contribution is -2.43. The maximum Gasteiger partial charge on any atom is 0.197 e. The fraction of sp³-hybridized carbons (Fsp3) is 0.533. The van der Waals surface area contributed by atoms with Crippen molar-refractivity contribution >= 4 is 22.7 Å². The van der Waals surface area contributed by atoms with E-state index in [9.17, 15) is 0 Å². The standard InChI is InChI=1S/C15H19ClN2O/c1-10-7-11(16)8-12-14(10)19-13(18-12)9-15(17)5-3-2-4-6-15/h7-8H,2-6,9,17H2,1H3. The summed E-state index contributed by atoms with van der Waals surface area (Å²) in [6.45, 7) is 1.99. The predicted octanol–water partition coefficient (Wildman–Crippen LogP) is 3.99. The van der Waals surface area contributed by atoms with Crippen molar-refractivity contribution in [3.8, 4) is 0 Å². The minimum Gasteiger partial charge on any atom is -0.440 e. The zero-order chi connectivity index (χ0) is 13.5. The van der Waals surface area contributed by atoms with Gasteiger partial charge in [-0.1, -0.05) is 30.9 Å². The Bertz CT molecular complexity index is 599. The number of aromatic nitrogens is 1. The fourth-order valence-corrected chi connectivity index (χ4v) is 3.28. The van der Waals surface area contributed by atoms with E-state index >= 15 is 0 Å². The zero-order valence-electron chi connectivity index (χ0n) is 11.2. The number of benzene rings is 1. The van der Waals surface area contributed by atoms with Gasteiger partial charge in [0.2, 0.25) is 0 Å². The lowest BCUT2D eigenvalue weighted by molar-refractivity contribution is 0.276. The second-order valence-corrected chi connectivity index (χ2v) is 6.21. The lowest BCUT2D eigenvalue weighted by Gasteiger charge is -2.32. The molecule has 1 heterocycles. The SMILES string of the molecule is Cc1cc(Cl)cc2nc(CC3(N)CCCCC3)oc12. The van der Waals surface area contributed by atoms with Crippen molar-refractivity contribution in [2.24, 2.45) is 5.73 Å². The number of halogens is 1. The van der Waals surface area contributed by atoms with Gasteiger partial charge in [0.25, 0.3) is 0 Å². The smallest absolute Gasteiger partial charge is 0.197 e. The van der Waals surface area contributed by atoms with E-state index in [0.717, 1.165) is 41.8 Å². The highest BCUT2D eigenvalue weighted by molar-refractivity contribution is 6.31. The Balaban J connectivity index is 1.91. The number of fused-ring (bicyclic) bond motifs is 1. The molecule has 0 spiro atoms. The summed E-state index contributed by atoms with van der Waals surface area (Å²) in [7, 11) is 0. The summed E-state index contributed by atoms with van der Waals surface area (Å²) >= 11 is 6.05. The molecule has 1 aliphatic carbocycles. The van der Waals surface area contributed by atoms with Crippen molar-refractivity contribution in [1.82, 2.24) is 4.98 Å². The van der Waals surface area contributed by atoms with Crippen molar-refractivity contribution in [1.29, 1.82) is 0 Å². The maximum atomic E-state index is 6.45. The minimum absolute atomic E-state index is 0.142. The third-order valence-electron chi connectivity index (χ3n) is 4.04. The van der Waals surface area contributed by atoms with Gasteiger partial charge in [0, 0.05) is 17.0 Å². The first-order chi connectivity index (χ1) is 9.06. The van der Waals surface area contributed by atoms with E-state index in [1.807, 2.05) is 19.1 Å². The van der Waals surface area contributed by atoms with Crippen molar-refractivity contribution in [2.75, 3.05) is 0 Å². The maximum absolute atomic E-state index is 6.45. The van der Waals surface area contributed by atoms with Crippen molar-refractivity contribution < 1.29 is 4.42 Å². The molecule has 1 aliphatic rings. The lowest BCUT2D eigenvalue weighted by atomic mass is 9.80. The molecule has 2 aromatic rings. The molecule has 0 aliphatic heterocycles. The molecule has 0 unspecified atom stereocenters. The van der Waals surface area contributed by atoms with Crippen LogP contribution in [0.1, 0.15) is 43.6 Å². The van der Waals surface area contributed by atoms with E-state index in [1.54, 1.807) is 0 Å². The summed E-state index contributed by atoms with van der Waals surface area (Å²) in [5.74, 6) is 0.741. The molecule has 3 nitrogen and oxygen atoms in total. The Morgan fingerprint density at radius 2 is 2.05 bits per heavy atom. The number of rotatable bonds is 2. The highest BCUT2D eigenvalue weighted by atomic mass is 35.5. The summed E-state index contributed by atoms with van der Waals surface area (Å²) in [6, 6.07) is 3.75. The molecule has 2 N–H and O–H groups in total. The number of hydrogen-bond acceptors (Lipinski definition) is 3. The Hall–Kier alpha value is -1.06. The highest BCUT2D eigenvalue weighted by Crippen LogP contribution is 2.31. The number of nitrogens with zero attached hydrogens (tertiary/aromatic N) is 1. The van der Waals surface area contributed by atoms with Gasteiger partial charge in [-0.15, -0.1) is 0 Å². The Morgan fingerprint density at radius 3 is 2.79 bits per heavy atom. The van der Waals surface area contributed by atoms with Crippen LogP contribution in [0.15, 0.2) is 16.5 Å². The Kier molecular flexibility index (Phi) is 3.27. The molecule has 0 amide bonds. The molecule has 0 atom stereocenters. The largest absolute Gasteiger partial charge is 0.440 e. The van der Waals surface area contributed by atoms with Crippen molar-refractivity contribution in [3.05, 3.63) is 28.6 Å². The van der Waals surface area contributed by atoms with Crippen LogP contribution in [-0.4, -0.2) is 10.5 Å². The number of aryl methyl sites for hydroxylation is 1. The third kappa shape index (κ3) is 2.63. The molecule has 0 bridgehead atoms. The van der Waals surface area contributed by atoms with E-state index in [2.05, 4.69) is 4.98 Å². The highest BCUT2D eigenvalue weighted by Gasteiger charge is 2.29. The molecular weight excluding hydrogens is 260 g/mol. The summed E-state index contributed by atoms with van der Waals surface area (Å²) in [5.41, 5.74) is 9.00. The van der Waals surface area contributed by atoms with Crippen LogP contribution in [0.5, 0.6) is 0 Å². The molecule has 1 fully saturated rings. The molecule has 19 heavy (non-hydrogen) atoms. The number of hydrogen-bond donors (Lipinski definition) is 1. The van der Waals surface area contributed by atoms with E-state index in [0.29, 0.717) is 5.02 Å². The Morgan fingerprint density at radius 1 is 1.32 bits per heavy atom. The van der Waals surface area contributed by atoms with Crippen LogP contribution >= 0.6 is 11.6 Å². The van der Waals surface area contributed by atoms with Crippen LogP contribution in [0, 0.1) is 6.92 Å². The van der Waals surface area contributed by atoms with Gasteiger partial charge in [-0.3, -0.25) is 0 Å². The third-order valence-corrected chi connectivity index (χ3v) is 4.26. The molecule has 1 aromatic carbocycles. The molecular formula is C15H19ClN2O. The number of nitrogens with two attached hydrogens (primary N) is 1.